The summed E-state index contributed by atoms with van der Waals surface area (Å²) in [6.45, 7) is 6.07. The van der Waals surface area contributed by atoms with Crippen LogP contribution in [0.2, 0.25) is 0 Å². The minimum atomic E-state index is -0.857. The van der Waals surface area contributed by atoms with E-state index in [1.54, 1.807) is 7.11 Å². The quantitative estimate of drug-likeness (QED) is 0.850. The average molecular weight is 274 g/mol. The van der Waals surface area contributed by atoms with Gasteiger partial charge in [-0.05, 0) is 5.41 Å². The SMILES string of the molecule is COC(c1noc(CSCC(=O)O)n1)C(C)(C)C. The Morgan fingerprint density at radius 2 is 2.22 bits per heavy atom. The molecule has 1 N–H and O–H groups in total. The van der Waals surface area contributed by atoms with Crippen LogP contribution >= 0.6 is 11.8 Å². The molecular formula is C11H18N2O4S. The van der Waals surface area contributed by atoms with Gasteiger partial charge in [0.2, 0.25) is 11.7 Å². The van der Waals surface area contributed by atoms with Gasteiger partial charge in [0.1, 0.15) is 6.10 Å². The second kappa shape index (κ2) is 6.19. The number of carbonyl (C=O) groups is 1. The fourth-order valence-electron chi connectivity index (χ4n) is 1.51. The smallest absolute Gasteiger partial charge is 0.313 e. The van der Waals surface area contributed by atoms with Crippen LogP contribution in [0.25, 0.3) is 0 Å². The molecule has 0 bridgehead atoms. The number of aliphatic carboxylic acids is 1. The summed E-state index contributed by atoms with van der Waals surface area (Å²) in [5.41, 5.74) is -0.135. The van der Waals surface area contributed by atoms with Crippen LogP contribution in [0.15, 0.2) is 4.52 Å². The molecule has 1 heterocycles. The summed E-state index contributed by atoms with van der Waals surface area (Å²) in [5.74, 6) is 0.465. The summed E-state index contributed by atoms with van der Waals surface area (Å²) in [6, 6.07) is 0. The van der Waals surface area contributed by atoms with Gasteiger partial charge in [-0.2, -0.15) is 4.98 Å². The number of hydrogen-bond acceptors (Lipinski definition) is 6. The Bertz CT molecular complexity index is 400. The van der Waals surface area contributed by atoms with Crippen LogP contribution in [0.1, 0.15) is 38.6 Å². The molecule has 0 spiro atoms. The lowest BCUT2D eigenvalue weighted by Crippen LogP contribution is -2.21. The molecule has 0 aliphatic heterocycles. The van der Waals surface area contributed by atoms with Crippen molar-refractivity contribution < 1.29 is 19.2 Å². The van der Waals surface area contributed by atoms with Crippen molar-refractivity contribution in [3.63, 3.8) is 0 Å². The Labute approximate surface area is 110 Å². The summed E-state index contributed by atoms with van der Waals surface area (Å²) >= 11 is 1.22. The number of hydrogen-bond donors (Lipinski definition) is 1. The molecule has 1 atom stereocenters. The van der Waals surface area contributed by atoms with E-state index in [-0.39, 0.29) is 17.3 Å². The molecule has 0 fully saturated rings. The molecule has 0 radical (unpaired) electrons. The Morgan fingerprint density at radius 3 is 2.72 bits per heavy atom. The number of aromatic nitrogens is 2. The van der Waals surface area contributed by atoms with Gasteiger partial charge in [-0.3, -0.25) is 4.79 Å². The molecule has 102 valence electrons. The summed E-state index contributed by atoms with van der Waals surface area (Å²) in [7, 11) is 1.60. The number of thioether (sulfide) groups is 1. The Balaban J connectivity index is 2.64. The van der Waals surface area contributed by atoms with Gasteiger partial charge in [-0.15, -0.1) is 11.8 Å². The number of methoxy groups -OCH3 is 1. The lowest BCUT2D eigenvalue weighted by Gasteiger charge is -2.26. The minimum absolute atomic E-state index is 0.0185. The van der Waals surface area contributed by atoms with E-state index in [4.69, 9.17) is 14.4 Å². The molecule has 18 heavy (non-hydrogen) atoms. The molecule has 0 aromatic carbocycles. The summed E-state index contributed by atoms with van der Waals surface area (Å²) in [5, 5.41) is 12.4. The fourth-order valence-corrected chi connectivity index (χ4v) is 2.07. The molecule has 1 aromatic heterocycles. The van der Waals surface area contributed by atoms with Crippen molar-refractivity contribution in [3.05, 3.63) is 11.7 Å². The van der Waals surface area contributed by atoms with Crippen molar-refractivity contribution in [2.24, 2.45) is 5.41 Å². The van der Waals surface area contributed by atoms with E-state index in [9.17, 15) is 4.79 Å². The molecular weight excluding hydrogens is 256 g/mol. The first kappa shape index (κ1) is 15.0. The maximum absolute atomic E-state index is 10.4. The van der Waals surface area contributed by atoms with Crippen LogP contribution in [0.4, 0.5) is 0 Å². The maximum Gasteiger partial charge on any atom is 0.313 e. The molecule has 0 amide bonds. The number of carboxylic acid groups (broad SMARTS) is 1. The van der Waals surface area contributed by atoms with Crippen molar-refractivity contribution in [2.75, 3.05) is 12.9 Å². The van der Waals surface area contributed by atoms with E-state index < -0.39 is 5.97 Å². The normalized spacial score (nSPS) is 13.6. The maximum atomic E-state index is 10.4. The fraction of sp³-hybridized carbons (Fsp3) is 0.727. The van der Waals surface area contributed by atoms with Crippen LogP contribution < -0.4 is 0 Å². The third-order valence-corrected chi connectivity index (χ3v) is 3.09. The first-order valence-corrected chi connectivity index (χ1v) is 6.65. The van der Waals surface area contributed by atoms with Crippen molar-refractivity contribution in [1.82, 2.24) is 10.1 Å². The summed E-state index contributed by atoms with van der Waals surface area (Å²) in [4.78, 5) is 14.6. The van der Waals surface area contributed by atoms with Crippen LogP contribution in [0, 0.1) is 5.41 Å². The molecule has 6 nitrogen and oxygen atoms in total. The molecule has 7 heteroatoms. The molecule has 1 unspecified atom stereocenters. The third-order valence-electron chi connectivity index (χ3n) is 2.19. The van der Waals surface area contributed by atoms with Crippen molar-refractivity contribution in [3.8, 4) is 0 Å². The zero-order chi connectivity index (χ0) is 13.8. The first-order valence-electron chi connectivity index (χ1n) is 5.49. The van der Waals surface area contributed by atoms with Gasteiger partial charge in [0.25, 0.3) is 0 Å². The Morgan fingerprint density at radius 1 is 1.56 bits per heavy atom. The largest absolute Gasteiger partial charge is 0.481 e. The molecule has 1 rings (SSSR count). The van der Waals surface area contributed by atoms with E-state index >= 15 is 0 Å². The van der Waals surface area contributed by atoms with Gasteiger partial charge in [0.05, 0.1) is 11.5 Å². The highest BCUT2D eigenvalue weighted by atomic mass is 32.2. The highest BCUT2D eigenvalue weighted by molar-refractivity contribution is 7.99. The van der Waals surface area contributed by atoms with Gasteiger partial charge in [-0.1, -0.05) is 25.9 Å². The number of rotatable bonds is 6. The van der Waals surface area contributed by atoms with Gasteiger partial charge >= 0.3 is 5.97 Å². The zero-order valence-electron chi connectivity index (χ0n) is 11.0. The topological polar surface area (TPSA) is 85.5 Å². The summed E-state index contributed by atoms with van der Waals surface area (Å²) < 4.78 is 10.4. The van der Waals surface area contributed by atoms with E-state index in [2.05, 4.69) is 10.1 Å². The molecule has 0 saturated carbocycles. The van der Waals surface area contributed by atoms with Crippen molar-refractivity contribution >= 4 is 17.7 Å². The number of ether oxygens (including phenoxy) is 1. The standard InChI is InChI=1S/C11H18N2O4S/c1-11(2,3)9(16-4)10-12-7(17-13-10)5-18-6-8(14)15/h9H,5-6H2,1-4H3,(H,14,15). The lowest BCUT2D eigenvalue weighted by atomic mass is 9.88. The predicted molar refractivity (Wildman–Crippen MR) is 67.3 cm³/mol. The van der Waals surface area contributed by atoms with Crippen LogP contribution in [-0.4, -0.2) is 34.1 Å². The van der Waals surface area contributed by atoms with Crippen molar-refractivity contribution in [1.29, 1.82) is 0 Å². The highest BCUT2D eigenvalue weighted by Gasteiger charge is 2.30. The second-order valence-electron chi connectivity index (χ2n) is 4.91. The molecule has 0 aliphatic rings. The minimum Gasteiger partial charge on any atom is -0.481 e. The Kier molecular flexibility index (Phi) is 5.15. The van der Waals surface area contributed by atoms with Crippen LogP contribution in [-0.2, 0) is 15.3 Å². The summed E-state index contributed by atoms with van der Waals surface area (Å²) in [6.07, 6.45) is -0.250. The first-order chi connectivity index (χ1) is 8.34. The van der Waals surface area contributed by atoms with Gasteiger partial charge in [0, 0.05) is 7.11 Å². The monoisotopic (exact) mass is 274 g/mol. The lowest BCUT2D eigenvalue weighted by molar-refractivity contribution is -0.133. The number of nitrogens with zero attached hydrogens (tertiary/aromatic N) is 2. The van der Waals surface area contributed by atoms with Gasteiger partial charge < -0.3 is 14.4 Å². The third kappa shape index (κ3) is 4.30. The van der Waals surface area contributed by atoms with E-state index in [1.165, 1.54) is 11.8 Å². The van der Waals surface area contributed by atoms with E-state index in [0.29, 0.717) is 17.5 Å². The molecule has 1 aromatic rings. The van der Waals surface area contributed by atoms with Gasteiger partial charge in [0.15, 0.2) is 0 Å². The highest BCUT2D eigenvalue weighted by Crippen LogP contribution is 2.33. The zero-order valence-corrected chi connectivity index (χ0v) is 11.8. The number of carboxylic acids is 1. The van der Waals surface area contributed by atoms with E-state index in [0.717, 1.165) is 0 Å². The van der Waals surface area contributed by atoms with E-state index in [1.807, 2.05) is 20.8 Å². The predicted octanol–water partition coefficient (Wildman–Crippen LogP) is 2.12. The van der Waals surface area contributed by atoms with Crippen molar-refractivity contribution in [2.45, 2.75) is 32.6 Å². The second-order valence-corrected chi connectivity index (χ2v) is 5.90. The molecule has 0 saturated heterocycles. The van der Waals surface area contributed by atoms with Gasteiger partial charge in [-0.25, -0.2) is 0 Å². The van der Waals surface area contributed by atoms with Crippen LogP contribution in [0.3, 0.4) is 0 Å². The Hall–Kier alpha value is -1.08. The average Bonchev–Trinajstić information content (AvgIpc) is 2.64. The molecule has 0 aliphatic carbocycles. The van der Waals surface area contributed by atoms with Crippen LogP contribution in [0.5, 0.6) is 0 Å².